The molecule has 16 heavy (non-hydrogen) atoms. The van der Waals surface area contributed by atoms with Crippen LogP contribution in [0.1, 0.15) is 47.0 Å². The minimum atomic E-state index is -0.884. The van der Waals surface area contributed by atoms with Crippen molar-refractivity contribution in [2.75, 3.05) is 7.11 Å². The number of rotatable bonds is 3. The smallest absolute Gasteiger partial charge is 0.311 e. The molecule has 0 radical (unpaired) electrons. The maximum Gasteiger partial charge on any atom is 0.311 e. The Bertz CT molecular complexity index is 270. The van der Waals surface area contributed by atoms with Gasteiger partial charge in [0.25, 0.3) is 0 Å². The van der Waals surface area contributed by atoms with Crippen LogP contribution in [0.5, 0.6) is 0 Å². The van der Waals surface area contributed by atoms with E-state index < -0.39 is 11.5 Å². The Morgan fingerprint density at radius 1 is 1.31 bits per heavy atom. The summed E-state index contributed by atoms with van der Waals surface area (Å²) in [7, 11) is 1.39. The number of hydrogen-bond donors (Lipinski definition) is 1. The van der Waals surface area contributed by atoms with Gasteiger partial charge in [-0.15, -0.1) is 0 Å². The molecular formula is C13H24O3. The molecule has 0 heterocycles. The van der Waals surface area contributed by atoms with Gasteiger partial charge < -0.3 is 9.84 Å². The Kier molecular flexibility index (Phi) is 3.68. The molecule has 0 aliphatic heterocycles. The molecule has 1 aliphatic carbocycles. The van der Waals surface area contributed by atoms with Crippen LogP contribution in [0.2, 0.25) is 0 Å². The van der Waals surface area contributed by atoms with Gasteiger partial charge in [0, 0.05) is 0 Å². The summed E-state index contributed by atoms with van der Waals surface area (Å²) in [6, 6.07) is 0. The van der Waals surface area contributed by atoms with Gasteiger partial charge in [0.15, 0.2) is 0 Å². The summed E-state index contributed by atoms with van der Waals surface area (Å²) in [5.41, 5.74) is -0.763. The molecule has 0 saturated heterocycles. The normalized spacial score (nSPS) is 30.4. The van der Waals surface area contributed by atoms with E-state index in [1.165, 1.54) is 7.11 Å². The summed E-state index contributed by atoms with van der Waals surface area (Å²) >= 11 is 0. The van der Waals surface area contributed by atoms with E-state index >= 15 is 0 Å². The Morgan fingerprint density at radius 2 is 1.88 bits per heavy atom. The lowest BCUT2D eigenvalue weighted by Crippen LogP contribution is -2.44. The highest BCUT2D eigenvalue weighted by atomic mass is 16.5. The van der Waals surface area contributed by atoms with Crippen molar-refractivity contribution < 1.29 is 14.6 Å². The van der Waals surface area contributed by atoms with E-state index in [4.69, 9.17) is 4.74 Å². The van der Waals surface area contributed by atoms with Gasteiger partial charge in [-0.3, -0.25) is 4.79 Å². The lowest BCUT2D eigenvalue weighted by Gasteiger charge is -2.34. The molecule has 1 saturated carbocycles. The summed E-state index contributed by atoms with van der Waals surface area (Å²) in [5, 5.41) is 10.7. The fraction of sp³-hybridized carbons (Fsp3) is 0.923. The molecule has 0 aromatic carbocycles. The van der Waals surface area contributed by atoms with Crippen LogP contribution in [0, 0.1) is 17.3 Å². The number of aliphatic hydroxyl groups is 1. The van der Waals surface area contributed by atoms with Crippen LogP contribution < -0.4 is 0 Å². The van der Waals surface area contributed by atoms with Crippen molar-refractivity contribution in [3.05, 3.63) is 0 Å². The Morgan fingerprint density at radius 3 is 2.19 bits per heavy atom. The number of hydrogen-bond acceptors (Lipinski definition) is 3. The first-order valence-corrected chi connectivity index (χ1v) is 6.02. The van der Waals surface area contributed by atoms with Gasteiger partial charge in [0.2, 0.25) is 0 Å². The maximum atomic E-state index is 11.8. The number of methoxy groups -OCH3 is 1. The first kappa shape index (κ1) is 13.5. The molecule has 3 nitrogen and oxygen atoms in total. The minimum absolute atomic E-state index is 0.103. The molecule has 1 rings (SSSR count). The van der Waals surface area contributed by atoms with Gasteiger partial charge in [0.05, 0.1) is 18.6 Å². The SMILES string of the molecule is COC(=O)C(C(C)C)C1(O)CCC(C)(C)C1. The lowest BCUT2D eigenvalue weighted by molar-refractivity contribution is -0.159. The first-order valence-electron chi connectivity index (χ1n) is 6.02. The number of ether oxygens (including phenoxy) is 1. The van der Waals surface area contributed by atoms with Crippen LogP contribution in [0.15, 0.2) is 0 Å². The Hall–Kier alpha value is -0.570. The van der Waals surface area contributed by atoms with Crippen LogP contribution in [0.4, 0.5) is 0 Å². The van der Waals surface area contributed by atoms with Crippen LogP contribution >= 0.6 is 0 Å². The third-order valence-electron chi connectivity index (χ3n) is 3.72. The van der Waals surface area contributed by atoms with Crippen molar-refractivity contribution in [2.24, 2.45) is 17.3 Å². The molecule has 0 spiro atoms. The van der Waals surface area contributed by atoms with Crippen LogP contribution in [-0.2, 0) is 9.53 Å². The highest BCUT2D eigenvalue weighted by Gasteiger charge is 2.51. The molecule has 0 amide bonds. The predicted molar refractivity (Wildman–Crippen MR) is 62.9 cm³/mol. The standard InChI is InChI=1S/C13H24O3/c1-9(2)10(11(14)16-5)13(15)7-6-12(3,4)8-13/h9-10,15H,6-8H2,1-5H3. The van der Waals surface area contributed by atoms with Gasteiger partial charge in [-0.05, 0) is 30.6 Å². The lowest BCUT2D eigenvalue weighted by atomic mass is 9.76. The summed E-state index contributed by atoms with van der Waals surface area (Å²) in [6.07, 6.45) is 2.33. The van der Waals surface area contributed by atoms with Crippen molar-refractivity contribution in [3.8, 4) is 0 Å². The van der Waals surface area contributed by atoms with E-state index in [-0.39, 0.29) is 17.3 Å². The first-order chi connectivity index (χ1) is 7.22. The molecule has 3 heteroatoms. The fourth-order valence-electron chi connectivity index (χ4n) is 3.06. The van der Waals surface area contributed by atoms with E-state index in [1.807, 2.05) is 13.8 Å². The van der Waals surface area contributed by atoms with Crippen LogP contribution in [0.3, 0.4) is 0 Å². The summed E-state index contributed by atoms with van der Waals surface area (Å²) in [5.74, 6) is -0.583. The van der Waals surface area contributed by atoms with Gasteiger partial charge in [-0.1, -0.05) is 27.7 Å². The molecule has 2 unspecified atom stereocenters. The van der Waals surface area contributed by atoms with Crippen molar-refractivity contribution in [1.29, 1.82) is 0 Å². The van der Waals surface area contributed by atoms with Crippen molar-refractivity contribution in [3.63, 3.8) is 0 Å². The second-order valence-electron chi connectivity index (χ2n) is 6.19. The van der Waals surface area contributed by atoms with E-state index in [0.717, 1.165) is 6.42 Å². The molecule has 0 aromatic rings. The topological polar surface area (TPSA) is 46.5 Å². The number of carbonyl (C=O) groups excluding carboxylic acids is 1. The van der Waals surface area contributed by atoms with Gasteiger partial charge in [-0.2, -0.15) is 0 Å². The average molecular weight is 228 g/mol. The third kappa shape index (κ3) is 2.57. The van der Waals surface area contributed by atoms with Gasteiger partial charge in [0.1, 0.15) is 0 Å². The van der Waals surface area contributed by atoms with Gasteiger partial charge >= 0.3 is 5.97 Å². The average Bonchev–Trinajstić information content (AvgIpc) is 2.40. The quantitative estimate of drug-likeness (QED) is 0.754. The van der Waals surface area contributed by atoms with Gasteiger partial charge in [-0.25, -0.2) is 0 Å². The Labute approximate surface area is 98.2 Å². The van der Waals surface area contributed by atoms with Crippen molar-refractivity contribution in [2.45, 2.75) is 52.6 Å². The van der Waals surface area contributed by atoms with E-state index in [2.05, 4.69) is 13.8 Å². The fourth-order valence-corrected chi connectivity index (χ4v) is 3.06. The zero-order chi connectivity index (χ0) is 12.6. The molecule has 0 aromatic heterocycles. The number of esters is 1. The van der Waals surface area contributed by atoms with E-state index in [9.17, 15) is 9.90 Å². The van der Waals surface area contributed by atoms with E-state index in [1.54, 1.807) is 0 Å². The number of carbonyl (C=O) groups is 1. The summed E-state index contributed by atoms with van der Waals surface area (Å²) < 4.78 is 4.82. The molecule has 1 aliphatic rings. The second-order valence-corrected chi connectivity index (χ2v) is 6.19. The minimum Gasteiger partial charge on any atom is -0.469 e. The second kappa shape index (κ2) is 4.36. The highest BCUT2D eigenvalue weighted by molar-refractivity contribution is 5.74. The molecular weight excluding hydrogens is 204 g/mol. The molecule has 1 N–H and O–H groups in total. The maximum absolute atomic E-state index is 11.8. The molecule has 2 atom stereocenters. The molecule has 1 fully saturated rings. The van der Waals surface area contributed by atoms with Crippen molar-refractivity contribution >= 4 is 5.97 Å². The summed E-state index contributed by atoms with van der Waals surface area (Å²) in [6.45, 7) is 8.20. The van der Waals surface area contributed by atoms with Crippen molar-refractivity contribution in [1.82, 2.24) is 0 Å². The summed E-state index contributed by atoms with van der Waals surface area (Å²) in [4.78, 5) is 11.8. The largest absolute Gasteiger partial charge is 0.469 e. The molecule has 0 bridgehead atoms. The zero-order valence-corrected chi connectivity index (χ0v) is 11.0. The van der Waals surface area contributed by atoms with Crippen LogP contribution in [0.25, 0.3) is 0 Å². The van der Waals surface area contributed by atoms with E-state index in [0.29, 0.717) is 12.8 Å². The Balaban J connectivity index is 2.91. The predicted octanol–water partition coefficient (Wildman–Crippen LogP) is 2.37. The monoisotopic (exact) mass is 228 g/mol. The zero-order valence-electron chi connectivity index (χ0n) is 11.0. The highest BCUT2D eigenvalue weighted by Crippen LogP contribution is 2.48. The molecule has 94 valence electrons. The third-order valence-corrected chi connectivity index (χ3v) is 3.72. The van der Waals surface area contributed by atoms with Crippen LogP contribution in [-0.4, -0.2) is 23.8 Å².